The summed E-state index contributed by atoms with van der Waals surface area (Å²) in [6.07, 6.45) is 5.27. The Bertz CT molecular complexity index is 1160. The summed E-state index contributed by atoms with van der Waals surface area (Å²) in [6.45, 7) is 0.233. The number of hydrogen-bond donors (Lipinski definition) is 10. The maximum atomic E-state index is 13.1. The number of aliphatic carboxylic acids is 1. The standard InChI is InChI=1S/C22H34N12O6/c23-13(2-1-3-29-22(25)26)18(36)32-15(6-17(24)35)20(38)33-14(4-11-7-27-9-30-11)19(37)34-16(21(39)40)5-12-8-28-10-31-12/h7-10,13-16H,1-6,23H2,(H2,24,35)(H,27,30)(H,28,31)(H,32,36)(H,33,38)(H,34,37)(H,39,40)(H4,25,26,29). The largest absolute Gasteiger partial charge is 0.480 e. The number of aliphatic imine (C=N–C) groups is 1. The van der Waals surface area contributed by atoms with E-state index >= 15 is 0 Å². The zero-order chi connectivity index (χ0) is 29.7. The Morgan fingerprint density at radius 3 is 1.88 bits per heavy atom. The van der Waals surface area contributed by atoms with Gasteiger partial charge in [-0.3, -0.25) is 24.2 Å². The van der Waals surface area contributed by atoms with E-state index in [2.05, 4.69) is 40.9 Å². The highest BCUT2D eigenvalue weighted by atomic mass is 16.4. The van der Waals surface area contributed by atoms with Crippen LogP contribution in [-0.2, 0) is 36.8 Å². The SMILES string of the molecule is NC(=O)CC(NC(=O)C(N)CCCN=C(N)N)C(=O)NC(Cc1cnc[nH]1)C(=O)NC(Cc1cnc[nH]1)C(=O)O. The van der Waals surface area contributed by atoms with Crippen molar-refractivity contribution in [3.63, 3.8) is 0 Å². The van der Waals surface area contributed by atoms with Crippen molar-refractivity contribution in [2.24, 2.45) is 27.9 Å². The zero-order valence-electron chi connectivity index (χ0n) is 21.5. The maximum Gasteiger partial charge on any atom is 0.326 e. The average molecular weight is 563 g/mol. The topological polar surface area (TPSA) is 315 Å². The van der Waals surface area contributed by atoms with E-state index in [1.54, 1.807) is 0 Å². The predicted octanol–water partition coefficient (Wildman–Crippen LogP) is -4.29. The number of amides is 4. The van der Waals surface area contributed by atoms with Gasteiger partial charge in [0.2, 0.25) is 23.6 Å². The van der Waals surface area contributed by atoms with Crippen molar-refractivity contribution in [1.82, 2.24) is 35.9 Å². The number of nitrogens with two attached hydrogens (primary N) is 4. The van der Waals surface area contributed by atoms with Crippen molar-refractivity contribution in [3.05, 3.63) is 36.4 Å². The van der Waals surface area contributed by atoms with Crippen LogP contribution in [-0.4, -0.2) is 91.3 Å². The van der Waals surface area contributed by atoms with E-state index in [4.69, 9.17) is 22.9 Å². The van der Waals surface area contributed by atoms with Crippen LogP contribution in [0.2, 0.25) is 0 Å². The summed E-state index contributed by atoms with van der Waals surface area (Å²) in [5, 5.41) is 16.8. The van der Waals surface area contributed by atoms with Crippen molar-refractivity contribution >= 4 is 35.6 Å². The Hall–Kier alpha value is -5.00. The molecule has 2 aromatic heterocycles. The molecule has 2 heterocycles. The van der Waals surface area contributed by atoms with Gasteiger partial charge in [0.05, 0.1) is 25.1 Å². The molecule has 0 aliphatic carbocycles. The number of nitrogens with zero attached hydrogens (tertiary/aromatic N) is 3. The second-order valence-corrected chi connectivity index (χ2v) is 8.81. The van der Waals surface area contributed by atoms with E-state index in [0.29, 0.717) is 17.8 Å². The summed E-state index contributed by atoms with van der Waals surface area (Å²) < 4.78 is 0. The van der Waals surface area contributed by atoms with Crippen molar-refractivity contribution in [1.29, 1.82) is 0 Å². The number of H-pyrrole nitrogens is 2. The van der Waals surface area contributed by atoms with E-state index in [9.17, 15) is 29.1 Å². The van der Waals surface area contributed by atoms with Gasteiger partial charge in [-0.15, -0.1) is 0 Å². The number of carbonyl (C=O) groups excluding carboxylic acids is 4. The number of aromatic amines is 2. The fraction of sp³-hybridized carbons (Fsp3) is 0.455. The third-order valence-electron chi connectivity index (χ3n) is 5.55. The quantitative estimate of drug-likeness (QED) is 0.0499. The first kappa shape index (κ1) is 31.2. The van der Waals surface area contributed by atoms with E-state index in [1.807, 2.05) is 0 Å². The van der Waals surface area contributed by atoms with E-state index in [0.717, 1.165) is 0 Å². The number of primary amides is 1. The molecule has 40 heavy (non-hydrogen) atoms. The van der Waals surface area contributed by atoms with Crippen LogP contribution in [0.15, 0.2) is 30.0 Å². The van der Waals surface area contributed by atoms with Crippen LogP contribution in [0.4, 0.5) is 0 Å². The van der Waals surface area contributed by atoms with Crippen LogP contribution >= 0.6 is 0 Å². The molecule has 0 fully saturated rings. The number of guanidine groups is 1. The van der Waals surface area contributed by atoms with Crippen LogP contribution < -0.4 is 38.9 Å². The summed E-state index contributed by atoms with van der Waals surface area (Å²) in [6, 6.07) is -5.20. The zero-order valence-corrected chi connectivity index (χ0v) is 21.5. The van der Waals surface area contributed by atoms with Crippen LogP contribution in [0.3, 0.4) is 0 Å². The lowest BCUT2D eigenvalue weighted by atomic mass is 10.1. The first-order valence-electron chi connectivity index (χ1n) is 12.1. The first-order valence-corrected chi connectivity index (χ1v) is 12.1. The molecular weight excluding hydrogens is 528 g/mol. The van der Waals surface area contributed by atoms with Gasteiger partial charge in [0.15, 0.2) is 5.96 Å². The van der Waals surface area contributed by atoms with Gasteiger partial charge < -0.3 is 54.0 Å². The molecule has 2 rings (SSSR count). The molecule has 218 valence electrons. The molecule has 0 radical (unpaired) electrons. The number of imidazole rings is 2. The number of carboxylic acids is 1. The lowest BCUT2D eigenvalue weighted by Crippen LogP contribution is -2.58. The van der Waals surface area contributed by atoms with Crippen molar-refractivity contribution in [3.8, 4) is 0 Å². The Labute approximate surface area is 228 Å². The lowest BCUT2D eigenvalue weighted by Gasteiger charge is -2.24. The molecule has 0 bridgehead atoms. The summed E-state index contributed by atoms with van der Waals surface area (Å²) in [7, 11) is 0. The fourth-order valence-electron chi connectivity index (χ4n) is 3.53. The summed E-state index contributed by atoms with van der Waals surface area (Å²) in [4.78, 5) is 79.3. The van der Waals surface area contributed by atoms with Gasteiger partial charge in [0, 0.05) is 43.2 Å². The average Bonchev–Trinajstić information content (AvgIpc) is 3.59. The highest BCUT2D eigenvalue weighted by Gasteiger charge is 2.31. The van der Waals surface area contributed by atoms with Crippen LogP contribution in [0, 0.1) is 0 Å². The molecule has 4 atom stereocenters. The summed E-state index contributed by atoms with van der Waals surface area (Å²) in [5.74, 6) is -4.83. The first-order chi connectivity index (χ1) is 19.0. The van der Waals surface area contributed by atoms with E-state index < -0.39 is 60.2 Å². The molecule has 0 spiro atoms. The maximum absolute atomic E-state index is 13.1. The Balaban J connectivity index is 2.14. The van der Waals surface area contributed by atoms with E-state index in [1.165, 1.54) is 25.0 Å². The molecule has 18 heteroatoms. The minimum absolute atomic E-state index is 0.104. The molecule has 4 amide bonds. The summed E-state index contributed by atoms with van der Waals surface area (Å²) in [5.41, 5.74) is 22.6. The minimum atomic E-state index is -1.47. The third-order valence-corrected chi connectivity index (χ3v) is 5.55. The van der Waals surface area contributed by atoms with Crippen molar-refractivity contribution in [2.45, 2.75) is 56.3 Å². The molecule has 0 aliphatic heterocycles. The molecule has 0 aliphatic rings. The molecule has 14 N–H and O–H groups in total. The fourth-order valence-corrected chi connectivity index (χ4v) is 3.53. The molecule has 0 saturated carbocycles. The monoisotopic (exact) mass is 562 g/mol. The number of rotatable bonds is 17. The van der Waals surface area contributed by atoms with Gasteiger partial charge in [-0.05, 0) is 12.8 Å². The number of carbonyl (C=O) groups is 5. The Morgan fingerprint density at radius 1 is 0.850 bits per heavy atom. The predicted molar refractivity (Wildman–Crippen MR) is 140 cm³/mol. The van der Waals surface area contributed by atoms with E-state index in [-0.39, 0.29) is 31.8 Å². The number of nitrogens with one attached hydrogen (secondary N) is 5. The van der Waals surface area contributed by atoms with Crippen LogP contribution in [0.25, 0.3) is 0 Å². The molecular formula is C22H34N12O6. The molecule has 0 saturated heterocycles. The molecule has 0 aromatic carbocycles. The molecule has 2 aromatic rings. The summed E-state index contributed by atoms with van der Waals surface area (Å²) >= 11 is 0. The van der Waals surface area contributed by atoms with Gasteiger partial charge in [-0.1, -0.05) is 0 Å². The highest BCUT2D eigenvalue weighted by Crippen LogP contribution is 2.05. The smallest absolute Gasteiger partial charge is 0.326 e. The number of aromatic nitrogens is 4. The lowest BCUT2D eigenvalue weighted by molar-refractivity contribution is -0.142. The van der Waals surface area contributed by atoms with Gasteiger partial charge in [-0.25, -0.2) is 14.8 Å². The second kappa shape index (κ2) is 15.4. The minimum Gasteiger partial charge on any atom is -0.480 e. The van der Waals surface area contributed by atoms with Gasteiger partial charge in [-0.2, -0.15) is 0 Å². The normalized spacial score (nSPS) is 13.7. The van der Waals surface area contributed by atoms with Crippen molar-refractivity contribution < 1.29 is 29.1 Å². The number of hydrogen-bond acceptors (Lipinski definition) is 9. The van der Waals surface area contributed by atoms with Crippen molar-refractivity contribution in [2.75, 3.05) is 6.54 Å². The second-order valence-electron chi connectivity index (χ2n) is 8.81. The van der Waals surface area contributed by atoms with Crippen LogP contribution in [0.1, 0.15) is 30.7 Å². The third kappa shape index (κ3) is 10.8. The Morgan fingerprint density at radius 2 is 1.38 bits per heavy atom. The Kier molecular flexibility index (Phi) is 12.0. The highest BCUT2D eigenvalue weighted by molar-refractivity contribution is 5.96. The van der Waals surface area contributed by atoms with Crippen LogP contribution in [0.5, 0.6) is 0 Å². The van der Waals surface area contributed by atoms with Gasteiger partial charge >= 0.3 is 5.97 Å². The molecule has 18 nitrogen and oxygen atoms in total. The van der Waals surface area contributed by atoms with Gasteiger partial charge in [0.25, 0.3) is 0 Å². The number of carboxylic acid groups (broad SMARTS) is 1. The molecule has 4 unspecified atom stereocenters. The van der Waals surface area contributed by atoms with Gasteiger partial charge in [0.1, 0.15) is 18.1 Å².